The van der Waals surface area contributed by atoms with E-state index >= 15 is 0 Å². The number of benzene rings is 1. The number of carbonyl (C=O) groups excluding carboxylic acids is 3. The molecule has 0 spiro atoms. The number of hydrogen-bond donors (Lipinski definition) is 2. The number of carbonyl (C=O) groups is 3. The molecule has 9 heteroatoms. The van der Waals surface area contributed by atoms with E-state index in [-0.39, 0.29) is 5.56 Å². The average molecular weight is 368 g/mol. The van der Waals surface area contributed by atoms with Gasteiger partial charge in [-0.25, -0.2) is 4.79 Å². The van der Waals surface area contributed by atoms with Crippen LogP contribution in [0.5, 0.6) is 17.2 Å². The van der Waals surface area contributed by atoms with E-state index in [1.807, 2.05) is 0 Å². The Morgan fingerprint density at radius 2 is 1.38 bits per heavy atom. The maximum absolute atomic E-state index is 12.4. The van der Waals surface area contributed by atoms with E-state index in [1.165, 1.54) is 54.4 Å². The van der Waals surface area contributed by atoms with Crippen LogP contribution in [0.25, 0.3) is 0 Å². The molecule has 0 aliphatic rings. The van der Waals surface area contributed by atoms with E-state index in [0.29, 0.717) is 17.2 Å². The van der Waals surface area contributed by atoms with Crippen LogP contribution < -0.4 is 24.8 Å². The van der Waals surface area contributed by atoms with Crippen molar-refractivity contribution in [3.8, 4) is 17.2 Å². The van der Waals surface area contributed by atoms with E-state index in [4.69, 9.17) is 14.2 Å². The summed E-state index contributed by atoms with van der Waals surface area (Å²) in [7, 11) is 5.54. The summed E-state index contributed by atoms with van der Waals surface area (Å²) in [6, 6.07) is 1.23. The van der Waals surface area contributed by atoms with Gasteiger partial charge in [-0.1, -0.05) is 0 Å². The molecule has 0 saturated heterocycles. The predicted molar refractivity (Wildman–Crippen MR) is 92.6 cm³/mol. The van der Waals surface area contributed by atoms with Crippen molar-refractivity contribution in [2.75, 3.05) is 28.4 Å². The highest BCUT2D eigenvalue weighted by Crippen LogP contribution is 2.38. The standard InChI is InChI=1S/C17H24N2O7/c1-9(15(20)19-10(2)17(22)26-6)18-16(21)11-7-12(23-3)14(25-5)13(8-11)24-4/h7-10H,1-6H3,(H,18,21)(H,19,20)/t9-,10+/m1/s1. The first kappa shape index (κ1) is 21.1. The van der Waals surface area contributed by atoms with E-state index in [0.717, 1.165) is 0 Å². The van der Waals surface area contributed by atoms with Gasteiger partial charge >= 0.3 is 5.97 Å². The smallest absolute Gasteiger partial charge is 0.328 e. The van der Waals surface area contributed by atoms with Crippen molar-refractivity contribution in [3.05, 3.63) is 17.7 Å². The fourth-order valence-corrected chi connectivity index (χ4v) is 2.13. The minimum Gasteiger partial charge on any atom is -0.493 e. The first-order chi connectivity index (χ1) is 12.3. The zero-order valence-electron chi connectivity index (χ0n) is 15.7. The molecule has 0 unspecified atom stereocenters. The van der Waals surface area contributed by atoms with Crippen molar-refractivity contribution in [1.29, 1.82) is 0 Å². The molecule has 2 N–H and O–H groups in total. The molecule has 26 heavy (non-hydrogen) atoms. The molecule has 1 aromatic carbocycles. The molecule has 0 aliphatic heterocycles. The third-order valence-electron chi connectivity index (χ3n) is 3.58. The number of methoxy groups -OCH3 is 4. The zero-order valence-corrected chi connectivity index (χ0v) is 15.7. The molecule has 0 bridgehead atoms. The highest BCUT2D eigenvalue weighted by Gasteiger charge is 2.23. The summed E-state index contributed by atoms with van der Waals surface area (Å²) >= 11 is 0. The Morgan fingerprint density at radius 1 is 0.846 bits per heavy atom. The van der Waals surface area contributed by atoms with E-state index < -0.39 is 29.9 Å². The Hall–Kier alpha value is -2.97. The van der Waals surface area contributed by atoms with Crippen LogP contribution in [0.3, 0.4) is 0 Å². The van der Waals surface area contributed by atoms with Gasteiger partial charge in [0, 0.05) is 5.56 Å². The molecule has 0 fully saturated rings. The molecule has 0 saturated carbocycles. The minimum absolute atomic E-state index is 0.222. The van der Waals surface area contributed by atoms with Crippen LogP contribution in [0.15, 0.2) is 12.1 Å². The Bertz CT molecular complexity index is 650. The van der Waals surface area contributed by atoms with Gasteiger partial charge < -0.3 is 29.6 Å². The molecule has 1 rings (SSSR count). The Labute approximate surface area is 151 Å². The Morgan fingerprint density at radius 3 is 1.81 bits per heavy atom. The van der Waals surface area contributed by atoms with E-state index in [1.54, 1.807) is 0 Å². The van der Waals surface area contributed by atoms with Crippen LogP contribution in [-0.2, 0) is 14.3 Å². The van der Waals surface area contributed by atoms with Gasteiger partial charge in [0.05, 0.1) is 28.4 Å². The van der Waals surface area contributed by atoms with Gasteiger partial charge in [-0.05, 0) is 26.0 Å². The van der Waals surface area contributed by atoms with Crippen LogP contribution in [0.1, 0.15) is 24.2 Å². The molecule has 1 aromatic rings. The maximum Gasteiger partial charge on any atom is 0.328 e. The molecule has 0 heterocycles. The fourth-order valence-electron chi connectivity index (χ4n) is 2.13. The van der Waals surface area contributed by atoms with Crippen LogP contribution >= 0.6 is 0 Å². The van der Waals surface area contributed by atoms with Crippen LogP contribution in [0, 0.1) is 0 Å². The number of rotatable bonds is 8. The number of ether oxygens (including phenoxy) is 4. The lowest BCUT2D eigenvalue weighted by molar-refractivity contribution is -0.144. The normalized spacial score (nSPS) is 12.4. The summed E-state index contributed by atoms with van der Waals surface area (Å²) in [4.78, 5) is 35.9. The van der Waals surface area contributed by atoms with Crippen LogP contribution in [0.2, 0.25) is 0 Å². The van der Waals surface area contributed by atoms with Crippen molar-refractivity contribution in [3.63, 3.8) is 0 Å². The van der Waals surface area contributed by atoms with Gasteiger partial charge in [-0.2, -0.15) is 0 Å². The lowest BCUT2D eigenvalue weighted by Crippen LogP contribution is -2.49. The molecule has 2 atom stereocenters. The van der Waals surface area contributed by atoms with Gasteiger partial charge in [0.15, 0.2) is 11.5 Å². The summed E-state index contributed by atoms with van der Waals surface area (Å²) in [5.74, 6) is -0.645. The second kappa shape index (κ2) is 9.50. The quantitative estimate of drug-likeness (QED) is 0.643. The Balaban J connectivity index is 2.90. The lowest BCUT2D eigenvalue weighted by atomic mass is 10.1. The van der Waals surface area contributed by atoms with Gasteiger partial charge in [0.2, 0.25) is 11.7 Å². The van der Waals surface area contributed by atoms with Crippen molar-refractivity contribution < 1.29 is 33.3 Å². The van der Waals surface area contributed by atoms with Crippen molar-refractivity contribution >= 4 is 17.8 Å². The van der Waals surface area contributed by atoms with Gasteiger partial charge in [-0.3, -0.25) is 9.59 Å². The van der Waals surface area contributed by atoms with Crippen molar-refractivity contribution in [2.45, 2.75) is 25.9 Å². The highest BCUT2D eigenvalue weighted by molar-refractivity contribution is 5.99. The summed E-state index contributed by atoms with van der Waals surface area (Å²) in [5.41, 5.74) is 0.222. The van der Waals surface area contributed by atoms with Crippen LogP contribution in [-0.4, -0.2) is 58.3 Å². The molecule has 2 amide bonds. The molecule has 0 aromatic heterocycles. The molecule has 0 radical (unpaired) electrons. The average Bonchev–Trinajstić information content (AvgIpc) is 2.65. The zero-order chi connectivity index (χ0) is 19.9. The monoisotopic (exact) mass is 368 g/mol. The number of nitrogens with one attached hydrogen (secondary N) is 2. The molecule has 9 nitrogen and oxygen atoms in total. The number of hydrogen-bond acceptors (Lipinski definition) is 7. The Kier molecular flexibility index (Phi) is 7.70. The van der Waals surface area contributed by atoms with E-state index in [9.17, 15) is 14.4 Å². The molecular weight excluding hydrogens is 344 g/mol. The maximum atomic E-state index is 12.4. The third kappa shape index (κ3) is 5.01. The first-order valence-electron chi connectivity index (χ1n) is 7.78. The molecular formula is C17H24N2O7. The number of amides is 2. The van der Waals surface area contributed by atoms with Gasteiger partial charge in [0.1, 0.15) is 12.1 Å². The largest absolute Gasteiger partial charge is 0.493 e. The topological polar surface area (TPSA) is 112 Å². The third-order valence-corrected chi connectivity index (χ3v) is 3.58. The summed E-state index contributed by atoms with van der Waals surface area (Å²) in [5, 5.41) is 5.00. The summed E-state index contributed by atoms with van der Waals surface area (Å²) in [6.45, 7) is 2.98. The fraction of sp³-hybridized carbons (Fsp3) is 0.471. The second-order valence-corrected chi connectivity index (χ2v) is 5.36. The summed E-state index contributed by atoms with van der Waals surface area (Å²) < 4.78 is 20.1. The molecule has 144 valence electrons. The minimum atomic E-state index is -0.881. The van der Waals surface area contributed by atoms with Crippen LogP contribution in [0.4, 0.5) is 0 Å². The number of esters is 1. The van der Waals surface area contributed by atoms with Crippen molar-refractivity contribution in [2.24, 2.45) is 0 Å². The molecule has 0 aliphatic carbocycles. The summed E-state index contributed by atoms with van der Waals surface area (Å²) in [6.07, 6.45) is 0. The van der Waals surface area contributed by atoms with Gasteiger partial charge in [0.25, 0.3) is 5.91 Å². The van der Waals surface area contributed by atoms with E-state index in [2.05, 4.69) is 15.4 Å². The van der Waals surface area contributed by atoms with Crippen molar-refractivity contribution in [1.82, 2.24) is 10.6 Å². The first-order valence-corrected chi connectivity index (χ1v) is 7.78. The second-order valence-electron chi connectivity index (χ2n) is 5.36. The highest BCUT2D eigenvalue weighted by atomic mass is 16.5. The SMILES string of the molecule is COC(=O)[C@H](C)NC(=O)[C@@H](C)NC(=O)c1cc(OC)c(OC)c(OC)c1. The lowest BCUT2D eigenvalue weighted by Gasteiger charge is -2.18. The predicted octanol–water partition coefficient (Wildman–Crippen LogP) is 0.508. The van der Waals surface area contributed by atoms with Gasteiger partial charge in [-0.15, -0.1) is 0 Å².